The first-order valence-corrected chi connectivity index (χ1v) is 6.98. The SMILES string of the molecule is CC(C)n1c(C(O)c2cccc(F)c2)nc2ccccc21. The van der Waals surface area contributed by atoms with Crippen LogP contribution in [0.25, 0.3) is 11.0 Å². The number of hydrogen-bond donors (Lipinski definition) is 1. The number of halogens is 1. The number of para-hydroxylation sites is 2. The second kappa shape index (κ2) is 5.30. The van der Waals surface area contributed by atoms with Crippen molar-refractivity contribution in [2.45, 2.75) is 26.0 Å². The van der Waals surface area contributed by atoms with Crippen LogP contribution in [-0.2, 0) is 0 Å². The van der Waals surface area contributed by atoms with Gasteiger partial charge < -0.3 is 9.67 Å². The molecule has 0 spiro atoms. The van der Waals surface area contributed by atoms with Gasteiger partial charge >= 0.3 is 0 Å². The van der Waals surface area contributed by atoms with E-state index in [-0.39, 0.29) is 11.9 Å². The van der Waals surface area contributed by atoms with E-state index < -0.39 is 6.10 Å². The van der Waals surface area contributed by atoms with E-state index in [4.69, 9.17) is 0 Å². The zero-order valence-corrected chi connectivity index (χ0v) is 12.0. The summed E-state index contributed by atoms with van der Waals surface area (Å²) in [6, 6.07) is 13.9. The molecule has 108 valence electrons. The highest BCUT2D eigenvalue weighted by molar-refractivity contribution is 5.76. The minimum atomic E-state index is -0.949. The Balaban J connectivity index is 2.17. The number of hydrogen-bond acceptors (Lipinski definition) is 2. The molecule has 0 fully saturated rings. The molecule has 1 N–H and O–H groups in total. The zero-order chi connectivity index (χ0) is 15.0. The highest BCUT2D eigenvalue weighted by Crippen LogP contribution is 2.28. The van der Waals surface area contributed by atoms with E-state index in [0.29, 0.717) is 11.4 Å². The molecular formula is C17H17FN2O. The maximum Gasteiger partial charge on any atom is 0.143 e. The molecule has 1 heterocycles. The molecule has 21 heavy (non-hydrogen) atoms. The monoisotopic (exact) mass is 284 g/mol. The van der Waals surface area contributed by atoms with E-state index in [1.54, 1.807) is 12.1 Å². The first kappa shape index (κ1) is 13.8. The predicted octanol–water partition coefficient (Wildman–Crippen LogP) is 3.84. The van der Waals surface area contributed by atoms with Crippen LogP contribution in [0.1, 0.15) is 37.4 Å². The summed E-state index contributed by atoms with van der Waals surface area (Å²) in [7, 11) is 0. The Labute approximate surface area is 122 Å². The Morgan fingerprint density at radius 3 is 2.57 bits per heavy atom. The van der Waals surface area contributed by atoms with Crippen LogP contribution in [0.3, 0.4) is 0 Å². The average Bonchev–Trinajstić information content (AvgIpc) is 2.85. The fourth-order valence-electron chi connectivity index (χ4n) is 2.62. The largest absolute Gasteiger partial charge is 0.380 e. The van der Waals surface area contributed by atoms with Gasteiger partial charge in [0.25, 0.3) is 0 Å². The predicted molar refractivity (Wildman–Crippen MR) is 80.6 cm³/mol. The molecule has 0 bridgehead atoms. The first-order chi connectivity index (χ1) is 10.1. The standard InChI is InChI=1S/C17H17FN2O/c1-11(2)20-15-9-4-3-8-14(15)19-17(20)16(21)12-6-5-7-13(18)10-12/h3-11,16,21H,1-2H3. The summed E-state index contributed by atoms with van der Waals surface area (Å²) in [5.74, 6) is 0.176. The van der Waals surface area contributed by atoms with E-state index in [1.807, 2.05) is 42.7 Å². The summed E-state index contributed by atoms with van der Waals surface area (Å²) < 4.78 is 15.4. The van der Waals surface area contributed by atoms with E-state index in [2.05, 4.69) is 4.98 Å². The van der Waals surface area contributed by atoms with Gasteiger partial charge in [0.2, 0.25) is 0 Å². The van der Waals surface area contributed by atoms with Crippen molar-refractivity contribution < 1.29 is 9.50 Å². The molecule has 0 saturated heterocycles. The third kappa shape index (κ3) is 2.43. The molecule has 3 rings (SSSR count). The van der Waals surface area contributed by atoms with Crippen molar-refractivity contribution in [1.29, 1.82) is 0 Å². The maximum atomic E-state index is 13.4. The molecule has 4 heteroatoms. The minimum Gasteiger partial charge on any atom is -0.380 e. The van der Waals surface area contributed by atoms with Crippen molar-refractivity contribution in [2.24, 2.45) is 0 Å². The third-order valence-electron chi connectivity index (χ3n) is 3.55. The van der Waals surface area contributed by atoms with Gasteiger partial charge in [-0.05, 0) is 43.7 Å². The molecule has 1 atom stereocenters. The third-order valence-corrected chi connectivity index (χ3v) is 3.55. The van der Waals surface area contributed by atoms with Gasteiger partial charge in [0.15, 0.2) is 0 Å². The molecule has 3 nitrogen and oxygen atoms in total. The van der Waals surface area contributed by atoms with Crippen molar-refractivity contribution in [3.8, 4) is 0 Å². The van der Waals surface area contributed by atoms with Gasteiger partial charge in [-0.3, -0.25) is 0 Å². The lowest BCUT2D eigenvalue weighted by Crippen LogP contribution is -2.12. The Kier molecular flexibility index (Phi) is 3.47. The Morgan fingerprint density at radius 2 is 1.86 bits per heavy atom. The lowest BCUT2D eigenvalue weighted by atomic mass is 10.1. The molecular weight excluding hydrogens is 267 g/mol. The number of rotatable bonds is 3. The maximum absolute atomic E-state index is 13.4. The van der Waals surface area contributed by atoms with Crippen LogP contribution in [0.5, 0.6) is 0 Å². The molecule has 0 amide bonds. The second-order valence-electron chi connectivity index (χ2n) is 5.38. The van der Waals surface area contributed by atoms with Gasteiger partial charge in [-0.1, -0.05) is 24.3 Å². The number of aliphatic hydroxyl groups excluding tert-OH is 1. The summed E-state index contributed by atoms with van der Waals surface area (Å²) in [5, 5.41) is 10.6. The molecule has 1 unspecified atom stereocenters. The Hall–Kier alpha value is -2.20. The second-order valence-corrected chi connectivity index (χ2v) is 5.38. The van der Waals surface area contributed by atoms with E-state index in [0.717, 1.165) is 11.0 Å². The van der Waals surface area contributed by atoms with Crippen molar-refractivity contribution in [2.75, 3.05) is 0 Å². The lowest BCUT2D eigenvalue weighted by molar-refractivity contribution is 0.203. The smallest absolute Gasteiger partial charge is 0.143 e. The van der Waals surface area contributed by atoms with E-state index >= 15 is 0 Å². The van der Waals surface area contributed by atoms with Gasteiger partial charge in [-0.15, -0.1) is 0 Å². The normalized spacial score (nSPS) is 13.0. The number of aliphatic hydroxyl groups is 1. The fourth-order valence-corrected chi connectivity index (χ4v) is 2.62. The average molecular weight is 284 g/mol. The van der Waals surface area contributed by atoms with Gasteiger partial charge in [0.05, 0.1) is 11.0 Å². The minimum absolute atomic E-state index is 0.149. The van der Waals surface area contributed by atoms with Crippen LogP contribution in [0.15, 0.2) is 48.5 Å². The summed E-state index contributed by atoms with van der Waals surface area (Å²) in [4.78, 5) is 4.53. The van der Waals surface area contributed by atoms with Gasteiger partial charge in [-0.2, -0.15) is 0 Å². The molecule has 1 aromatic heterocycles. The lowest BCUT2D eigenvalue weighted by Gasteiger charge is -2.17. The molecule has 0 aliphatic carbocycles. The van der Waals surface area contributed by atoms with E-state index in [1.165, 1.54) is 12.1 Å². The Morgan fingerprint density at radius 1 is 1.10 bits per heavy atom. The van der Waals surface area contributed by atoms with Crippen LogP contribution in [0.2, 0.25) is 0 Å². The molecule has 0 aliphatic rings. The Bertz CT molecular complexity index is 779. The summed E-state index contributed by atoms with van der Waals surface area (Å²) in [6.07, 6.45) is -0.949. The van der Waals surface area contributed by atoms with Crippen LogP contribution in [0, 0.1) is 5.82 Å². The molecule has 2 aromatic carbocycles. The first-order valence-electron chi connectivity index (χ1n) is 6.98. The van der Waals surface area contributed by atoms with Crippen molar-refractivity contribution >= 4 is 11.0 Å². The van der Waals surface area contributed by atoms with Crippen molar-refractivity contribution in [1.82, 2.24) is 9.55 Å². The van der Waals surface area contributed by atoms with Crippen LogP contribution >= 0.6 is 0 Å². The molecule has 0 radical (unpaired) electrons. The highest BCUT2D eigenvalue weighted by Gasteiger charge is 2.21. The van der Waals surface area contributed by atoms with Crippen LogP contribution in [-0.4, -0.2) is 14.7 Å². The molecule has 0 aliphatic heterocycles. The number of benzene rings is 2. The number of imidazole rings is 1. The molecule has 3 aromatic rings. The van der Waals surface area contributed by atoms with Crippen LogP contribution < -0.4 is 0 Å². The van der Waals surface area contributed by atoms with Gasteiger partial charge in [0.1, 0.15) is 17.7 Å². The quantitative estimate of drug-likeness (QED) is 0.793. The van der Waals surface area contributed by atoms with Crippen molar-refractivity contribution in [3.63, 3.8) is 0 Å². The highest BCUT2D eigenvalue weighted by atomic mass is 19.1. The molecule has 0 saturated carbocycles. The zero-order valence-electron chi connectivity index (χ0n) is 12.0. The number of aromatic nitrogens is 2. The number of fused-ring (bicyclic) bond motifs is 1. The summed E-state index contributed by atoms with van der Waals surface area (Å²) in [6.45, 7) is 4.08. The van der Waals surface area contributed by atoms with Crippen molar-refractivity contribution in [3.05, 3.63) is 65.7 Å². The number of nitrogens with zero attached hydrogens (tertiary/aromatic N) is 2. The summed E-state index contributed by atoms with van der Waals surface area (Å²) in [5.41, 5.74) is 2.31. The topological polar surface area (TPSA) is 38.0 Å². The summed E-state index contributed by atoms with van der Waals surface area (Å²) >= 11 is 0. The van der Waals surface area contributed by atoms with Crippen LogP contribution in [0.4, 0.5) is 4.39 Å². The van der Waals surface area contributed by atoms with E-state index in [9.17, 15) is 9.50 Å². The van der Waals surface area contributed by atoms with Gasteiger partial charge in [0, 0.05) is 6.04 Å². The van der Waals surface area contributed by atoms with Gasteiger partial charge in [-0.25, -0.2) is 9.37 Å². The fraction of sp³-hybridized carbons (Fsp3) is 0.235.